The predicted octanol–water partition coefficient (Wildman–Crippen LogP) is 1.11. The van der Waals surface area contributed by atoms with Gasteiger partial charge in [-0.05, 0) is 32.6 Å². The van der Waals surface area contributed by atoms with Gasteiger partial charge in [-0.2, -0.15) is 0 Å². The topological polar surface area (TPSA) is 58.3 Å². The molecule has 0 saturated heterocycles. The molecule has 3 heteroatoms. The molecule has 0 amide bonds. The van der Waals surface area contributed by atoms with Gasteiger partial charge in [-0.25, -0.2) is 0 Å². The van der Waals surface area contributed by atoms with Gasteiger partial charge >= 0.3 is 0 Å². The van der Waals surface area contributed by atoms with Gasteiger partial charge < -0.3 is 16.2 Å². The van der Waals surface area contributed by atoms with Crippen molar-refractivity contribution in [2.24, 2.45) is 11.7 Å². The second-order valence-corrected chi connectivity index (χ2v) is 4.92. The minimum atomic E-state index is 0.00273. The van der Waals surface area contributed by atoms with E-state index in [0.29, 0.717) is 18.5 Å². The van der Waals surface area contributed by atoms with Crippen LogP contribution in [-0.2, 0) is 0 Å². The molecule has 0 fully saturated rings. The molecule has 14 heavy (non-hydrogen) atoms. The third-order valence-electron chi connectivity index (χ3n) is 2.47. The van der Waals surface area contributed by atoms with E-state index in [4.69, 9.17) is 10.8 Å². The molecule has 0 bridgehead atoms. The smallest absolute Gasteiger partial charge is 0.0445 e. The van der Waals surface area contributed by atoms with Gasteiger partial charge in [0.05, 0.1) is 0 Å². The van der Waals surface area contributed by atoms with Crippen LogP contribution in [0.5, 0.6) is 0 Å². The van der Waals surface area contributed by atoms with Crippen molar-refractivity contribution in [1.29, 1.82) is 0 Å². The molecule has 0 aromatic rings. The highest BCUT2D eigenvalue weighted by atomic mass is 16.3. The van der Waals surface area contributed by atoms with Crippen LogP contribution in [0.4, 0.5) is 0 Å². The monoisotopic (exact) mass is 202 g/mol. The Morgan fingerprint density at radius 3 is 2.29 bits per heavy atom. The lowest BCUT2D eigenvalue weighted by molar-refractivity contribution is 0.227. The second-order valence-electron chi connectivity index (χ2n) is 4.92. The van der Waals surface area contributed by atoms with Gasteiger partial charge in [-0.1, -0.05) is 13.8 Å². The third-order valence-corrected chi connectivity index (χ3v) is 2.47. The van der Waals surface area contributed by atoms with E-state index in [1.807, 2.05) is 0 Å². The Morgan fingerprint density at radius 2 is 1.93 bits per heavy atom. The molecule has 4 N–H and O–H groups in total. The first-order valence-corrected chi connectivity index (χ1v) is 5.52. The van der Waals surface area contributed by atoms with Crippen molar-refractivity contribution in [2.45, 2.75) is 52.1 Å². The van der Waals surface area contributed by atoms with Gasteiger partial charge in [-0.15, -0.1) is 0 Å². The van der Waals surface area contributed by atoms with Crippen molar-refractivity contribution in [3.8, 4) is 0 Å². The lowest BCUT2D eigenvalue weighted by Crippen LogP contribution is -2.53. The molecule has 3 nitrogen and oxygen atoms in total. The molecule has 0 aromatic heterocycles. The van der Waals surface area contributed by atoms with Crippen molar-refractivity contribution in [3.63, 3.8) is 0 Å². The molecule has 0 aliphatic rings. The summed E-state index contributed by atoms with van der Waals surface area (Å²) in [5.74, 6) is 0.636. The summed E-state index contributed by atoms with van der Waals surface area (Å²) in [7, 11) is 0. The van der Waals surface area contributed by atoms with E-state index in [2.05, 4.69) is 33.0 Å². The minimum absolute atomic E-state index is 0.00273. The van der Waals surface area contributed by atoms with Crippen LogP contribution in [0, 0.1) is 5.92 Å². The zero-order chi connectivity index (χ0) is 11.2. The maximum atomic E-state index is 8.82. The van der Waals surface area contributed by atoms with Crippen molar-refractivity contribution < 1.29 is 5.11 Å². The molecule has 0 heterocycles. The molecule has 0 aromatic carbocycles. The highest BCUT2D eigenvalue weighted by molar-refractivity contribution is 4.87. The molecule has 2 unspecified atom stereocenters. The molecule has 0 radical (unpaired) electrons. The third kappa shape index (κ3) is 5.58. The van der Waals surface area contributed by atoms with Crippen LogP contribution in [0.2, 0.25) is 0 Å². The van der Waals surface area contributed by atoms with Gasteiger partial charge in [0, 0.05) is 24.7 Å². The Bertz CT molecular complexity index is 150. The molecule has 0 aliphatic heterocycles. The summed E-state index contributed by atoms with van der Waals surface area (Å²) in [5, 5.41) is 12.3. The van der Waals surface area contributed by atoms with Crippen LogP contribution >= 0.6 is 0 Å². The van der Waals surface area contributed by atoms with E-state index in [-0.39, 0.29) is 12.1 Å². The molecular formula is C11H26N2O. The van der Waals surface area contributed by atoms with Crippen molar-refractivity contribution in [2.75, 3.05) is 13.2 Å². The Morgan fingerprint density at radius 1 is 1.36 bits per heavy atom. The maximum Gasteiger partial charge on any atom is 0.0445 e. The zero-order valence-electron chi connectivity index (χ0n) is 10.0. The van der Waals surface area contributed by atoms with Gasteiger partial charge in [0.1, 0.15) is 0 Å². The summed E-state index contributed by atoms with van der Waals surface area (Å²) in [6.07, 6.45) is 1.85. The molecule has 0 saturated carbocycles. The maximum absolute atomic E-state index is 8.82. The van der Waals surface area contributed by atoms with E-state index in [1.165, 1.54) is 0 Å². The van der Waals surface area contributed by atoms with E-state index < -0.39 is 0 Å². The lowest BCUT2D eigenvalue weighted by atomic mass is 9.90. The molecule has 2 atom stereocenters. The lowest BCUT2D eigenvalue weighted by Gasteiger charge is -2.34. The van der Waals surface area contributed by atoms with Crippen LogP contribution in [0.25, 0.3) is 0 Å². The highest BCUT2D eigenvalue weighted by Gasteiger charge is 2.24. The van der Waals surface area contributed by atoms with Crippen molar-refractivity contribution in [3.05, 3.63) is 0 Å². The van der Waals surface area contributed by atoms with Gasteiger partial charge in [-0.3, -0.25) is 0 Å². The standard InChI is InChI=1S/C11H26N2O/c1-9(2)7-11(4,8-12)13-10(3)5-6-14/h9-10,13-14H,5-8,12H2,1-4H3. The van der Waals surface area contributed by atoms with Crippen molar-refractivity contribution in [1.82, 2.24) is 5.32 Å². The molecule has 86 valence electrons. The SMILES string of the molecule is CC(C)CC(C)(CN)NC(C)CCO. The Balaban J connectivity index is 4.09. The van der Waals surface area contributed by atoms with E-state index >= 15 is 0 Å². The van der Waals surface area contributed by atoms with E-state index in [0.717, 1.165) is 12.8 Å². The summed E-state index contributed by atoms with van der Waals surface area (Å²) in [5.41, 5.74) is 5.78. The van der Waals surface area contributed by atoms with E-state index in [1.54, 1.807) is 0 Å². The van der Waals surface area contributed by atoms with Crippen LogP contribution < -0.4 is 11.1 Å². The average molecular weight is 202 g/mol. The summed E-state index contributed by atoms with van der Waals surface area (Å²) >= 11 is 0. The largest absolute Gasteiger partial charge is 0.396 e. The first kappa shape index (κ1) is 13.9. The Labute approximate surface area is 88.1 Å². The number of aliphatic hydroxyl groups is 1. The van der Waals surface area contributed by atoms with E-state index in [9.17, 15) is 0 Å². The number of hydrogen-bond acceptors (Lipinski definition) is 3. The number of nitrogens with one attached hydrogen (secondary N) is 1. The van der Waals surface area contributed by atoms with Crippen LogP contribution in [0.15, 0.2) is 0 Å². The van der Waals surface area contributed by atoms with Crippen molar-refractivity contribution >= 4 is 0 Å². The zero-order valence-corrected chi connectivity index (χ0v) is 10.0. The van der Waals surface area contributed by atoms with Gasteiger partial charge in [0.15, 0.2) is 0 Å². The number of aliphatic hydroxyl groups excluding tert-OH is 1. The highest BCUT2D eigenvalue weighted by Crippen LogP contribution is 2.16. The fourth-order valence-electron chi connectivity index (χ4n) is 1.96. The Hall–Kier alpha value is -0.120. The summed E-state index contributed by atoms with van der Waals surface area (Å²) < 4.78 is 0. The molecule has 0 aliphatic carbocycles. The first-order chi connectivity index (χ1) is 6.43. The minimum Gasteiger partial charge on any atom is -0.396 e. The van der Waals surface area contributed by atoms with Crippen LogP contribution in [0.3, 0.4) is 0 Å². The molecule has 0 spiro atoms. The molecular weight excluding hydrogens is 176 g/mol. The summed E-state index contributed by atoms with van der Waals surface area (Å²) in [6, 6.07) is 0.326. The average Bonchev–Trinajstić information content (AvgIpc) is 2.02. The van der Waals surface area contributed by atoms with Gasteiger partial charge in [0.2, 0.25) is 0 Å². The molecule has 0 rings (SSSR count). The summed E-state index contributed by atoms with van der Waals surface area (Å²) in [4.78, 5) is 0. The number of rotatable bonds is 7. The quantitative estimate of drug-likeness (QED) is 0.579. The fraction of sp³-hybridized carbons (Fsp3) is 1.00. The predicted molar refractivity (Wildman–Crippen MR) is 61.2 cm³/mol. The Kier molecular flexibility index (Phi) is 6.33. The first-order valence-electron chi connectivity index (χ1n) is 5.52. The summed E-state index contributed by atoms with van der Waals surface area (Å²) in [6.45, 7) is 9.52. The number of nitrogens with two attached hydrogens (primary N) is 1. The van der Waals surface area contributed by atoms with Crippen LogP contribution in [0.1, 0.15) is 40.5 Å². The normalized spacial score (nSPS) is 18.2. The fourth-order valence-corrected chi connectivity index (χ4v) is 1.96. The number of hydrogen-bond donors (Lipinski definition) is 3. The van der Waals surface area contributed by atoms with Crippen LogP contribution in [-0.4, -0.2) is 29.8 Å². The van der Waals surface area contributed by atoms with Gasteiger partial charge in [0.25, 0.3) is 0 Å². The second kappa shape index (κ2) is 6.38.